The van der Waals surface area contributed by atoms with Crippen LogP contribution in [-0.4, -0.2) is 20.9 Å². The van der Waals surface area contributed by atoms with Gasteiger partial charge in [0.15, 0.2) is 4.83 Å². The van der Waals surface area contributed by atoms with E-state index < -0.39 is 23.7 Å². The summed E-state index contributed by atoms with van der Waals surface area (Å²) in [5.41, 5.74) is -0.263. The number of halogens is 3. The number of nitrogens with zero attached hydrogens (tertiary/aromatic N) is 3. The minimum absolute atomic E-state index is 0.00209. The normalized spacial score (nSPS) is 17.4. The number of hydrogen-bond acceptors (Lipinski definition) is 5. The van der Waals surface area contributed by atoms with Crippen LogP contribution in [0, 0.1) is 5.92 Å². The van der Waals surface area contributed by atoms with Crippen molar-refractivity contribution in [2.75, 3.05) is 5.32 Å². The molecular formula is C21H21F3N4O2S. The van der Waals surface area contributed by atoms with E-state index in [0.29, 0.717) is 16.1 Å². The van der Waals surface area contributed by atoms with E-state index in [1.807, 2.05) is 0 Å². The molecule has 1 aliphatic carbocycles. The maximum absolute atomic E-state index is 13.2. The molecule has 0 bridgehead atoms. The molecule has 10 heteroatoms. The van der Waals surface area contributed by atoms with Crippen molar-refractivity contribution in [2.24, 2.45) is 5.92 Å². The number of nitrogens with one attached hydrogen (secondary N) is 1. The van der Waals surface area contributed by atoms with E-state index in [1.165, 1.54) is 23.5 Å². The molecule has 0 saturated carbocycles. The Kier molecular flexibility index (Phi) is 5.59. The Bertz CT molecular complexity index is 1200. The fourth-order valence-electron chi connectivity index (χ4n) is 3.94. The zero-order chi connectivity index (χ0) is 22.3. The Hall–Kier alpha value is -2.75. The first-order valence-electron chi connectivity index (χ1n) is 10.1. The second-order valence-electron chi connectivity index (χ2n) is 7.86. The van der Waals surface area contributed by atoms with Crippen molar-refractivity contribution in [3.63, 3.8) is 0 Å². The molecule has 2 aromatic heterocycles. The first-order chi connectivity index (χ1) is 14.7. The van der Waals surface area contributed by atoms with Crippen molar-refractivity contribution in [2.45, 2.75) is 51.7 Å². The Labute approximate surface area is 180 Å². The van der Waals surface area contributed by atoms with Gasteiger partial charge >= 0.3 is 6.18 Å². The van der Waals surface area contributed by atoms with Crippen LogP contribution in [0.25, 0.3) is 10.2 Å². The van der Waals surface area contributed by atoms with Crippen LogP contribution in [0.3, 0.4) is 0 Å². The van der Waals surface area contributed by atoms with E-state index in [1.54, 1.807) is 6.92 Å². The molecule has 0 aliphatic heterocycles. The maximum Gasteiger partial charge on any atom is 0.416 e. The number of carbonyl (C=O) groups excluding carboxylic acids is 1. The standard InChI is InChI=1S/C21H21F3N4O2S/c1-3-15(18(29)25-13-6-4-5-12(10-13)21(22,23)24)28-20(30)17-14-8-7-11(2)9-16(14)31-19(17)26-27-28/h4-6,10-11,15H,3,7-9H2,1-2H3,(H,25,29). The summed E-state index contributed by atoms with van der Waals surface area (Å²) in [5, 5.41) is 11.1. The minimum Gasteiger partial charge on any atom is -0.324 e. The van der Waals surface area contributed by atoms with Crippen molar-refractivity contribution >= 4 is 33.1 Å². The van der Waals surface area contributed by atoms with Gasteiger partial charge in [-0.2, -0.15) is 17.9 Å². The summed E-state index contributed by atoms with van der Waals surface area (Å²) in [4.78, 5) is 27.8. The fourth-order valence-corrected chi connectivity index (χ4v) is 5.26. The number of hydrogen-bond donors (Lipinski definition) is 1. The fraction of sp³-hybridized carbons (Fsp3) is 0.429. The quantitative estimate of drug-likeness (QED) is 0.631. The van der Waals surface area contributed by atoms with Gasteiger partial charge in [-0.05, 0) is 55.4 Å². The van der Waals surface area contributed by atoms with E-state index in [-0.39, 0.29) is 17.7 Å². The van der Waals surface area contributed by atoms with Crippen LogP contribution < -0.4 is 10.9 Å². The summed E-state index contributed by atoms with van der Waals surface area (Å²) in [5.74, 6) is -0.0762. The largest absolute Gasteiger partial charge is 0.416 e. The second kappa shape index (κ2) is 8.07. The summed E-state index contributed by atoms with van der Waals surface area (Å²) >= 11 is 1.47. The van der Waals surface area contributed by atoms with E-state index in [4.69, 9.17) is 0 Å². The number of rotatable bonds is 4. The van der Waals surface area contributed by atoms with Gasteiger partial charge in [0, 0.05) is 10.6 Å². The van der Waals surface area contributed by atoms with Gasteiger partial charge < -0.3 is 5.32 Å². The third kappa shape index (κ3) is 4.08. The Morgan fingerprint density at radius 1 is 1.39 bits per heavy atom. The number of benzene rings is 1. The third-order valence-corrected chi connectivity index (χ3v) is 6.73. The molecular weight excluding hydrogens is 429 g/mol. The van der Waals surface area contributed by atoms with Crippen LogP contribution in [0.15, 0.2) is 29.1 Å². The van der Waals surface area contributed by atoms with Crippen LogP contribution >= 0.6 is 11.3 Å². The van der Waals surface area contributed by atoms with E-state index in [9.17, 15) is 22.8 Å². The second-order valence-corrected chi connectivity index (χ2v) is 8.95. The van der Waals surface area contributed by atoms with Crippen molar-refractivity contribution in [1.29, 1.82) is 0 Å². The average molecular weight is 450 g/mol. The summed E-state index contributed by atoms with van der Waals surface area (Å²) < 4.78 is 39.9. The summed E-state index contributed by atoms with van der Waals surface area (Å²) in [6.45, 7) is 3.88. The molecule has 2 heterocycles. The van der Waals surface area contributed by atoms with Gasteiger partial charge in [-0.25, -0.2) is 0 Å². The lowest BCUT2D eigenvalue weighted by molar-refractivity contribution is -0.137. The molecule has 1 amide bonds. The van der Waals surface area contributed by atoms with Crippen molar-refractivity contribution < 1.29 is 18.0 Å². The maximum atomic E-state index is 13.2. The Morgan fingerprint density at radius 3 is 2.87 bits per heavy atom. The zero-order valence-electron chi connectivity index (χ0n) is 17.0. The van der Waals surface area contributed by atoms with Gasteiger partial charge in [0.2, 0.25) is 5.91 Å². The average Bonchev–Trinajstić information content (AvgIpc) is 3.08. The molecule has 164 valence electrons. The zero-order valence-corrected chi connectivity index (χ0v) is 17.8. The van der Waals surface area contributed by atoms with Crippen LogP contribution in [0.1, 0.15) is 48.7 Å². The summed E-state index contributed by atoms with van der Waals surface area (Å²) in [7, 11) is 0. The highest BCUT2D eigenvalue weighted by molar-refractivity contribution is 7.18. The molecule has 0 spiro atoms. The highest BCUT2D eigenvalue weighted by atomic mass is 32.1. The summed E-state index contributed by atoms with van der Waals surface area (Å²) in [6.07, 6.45) is -1.64. The number of anilines is 1. The van der Waals surface area contributed by atoms with E-state index in [0.717, 1.165) is 46.5 Å². The lowest BCUT2D eigenvalue weighted by Crippen LogP contribution is -2.35. The first-order valence-corrected chi connectivity index (χ1v) is 10.9. The molecule has 0 radical (unpaired) electrons. The number of fused-ring (bicyclic) bond motifs is 3. The molecule has 2 atom stereocenters. The third-order valence-electron chi connectivity index (χ3n) is 5.59. The molecule has 0 saturated heterocycles. The van der Waals surface area contributed by atoms with Crippen LogP contribution in [-0.2, 0) is 23.8 Å². The topological polar surface area (TPSA) is 76.9 Å². The van der Waals surface area contributed by atoms with Crippen molar-refractivity contribution in [1.82, 2.24) is 15.0 Å². The smallest absolute Gasteiger partial charge is 0.324 e. The van der Waals surface area contributed by atoms with E-state index >= 15 is 0 Å². The Balaban J connectivity index is 1.67. The monoisotopic (exact) mass is 450 g/mol. The predicted octanol–water partition coefficient (Wildman–Crippen LogP) is 4.59. The van der Waals surface area contributed by atoms with Gasteiger partial charge in [0.05, 0.1) is 10.9 Å². The van der Waals surface area contributed by atoms with Gasteiger partial charge in [-0.1, -0.05) is 25.1 Å². The molecule has 1 aromatic carbocycles. The molecule has 3 aromatic rings. The highest BCUT2D eigenvalue weighted by Gasteiger charge is 2.31. The summed E-state index contributed by atoms with van der Waals surface area (Å²) in [6, 6.07) is 3.39. The molecule has 1 N–H and O–H groups in total. The number of carbonyl (C=O) groups is 1. The molecule has 0 fully saturated rings. The Morgan fingerprint density at radius 2 is 2.16 bits per heavy atom. The number of alkyl halides is 3. The molecule has 6 nitrogen and oxygen atoms in total. The molecule has 31 heavy (non-hydrogen) atoms. The van der Waals surface area contributed by atoms with Gasteiger partial charge in [0.1, 0.15) is 6.04 Å². The number of aromatic nitrogens is 3. The highest BCUT2D eigenvalue weighted by Crippen LogP contribution is 2.35. The van der Waals surface area contributed by atoms with Crippen LogP contribution in [0.2, 0.25) is 0 Å². The van der Waals surface area contributed by atoms with Crippen molar-refractivity contribution in [3.05, 3.63) is 50.6 Å². The minimum atomic E-state index is -4.52. The van der Waals surface area contributed by atoms with E-state index in [2.05, 4.69) is 22.6 Å². The van der Waals surface area contributed by atoms with Crippen LogP contribution in [0.5, 0.6) is 0 Å². The van der Waals surface area contributed by atoms with Gasteiger partial charge in [-0.3, -0.25) is 9.59 Å². The lowest BCUT2D eigenvalue weighted by atomic mass is 9.89. The molecule has 4 rings (SSSR count). The predicted molar refractivity (Wildman–Crippen MR) is 112 cm³/mol. The van der Waals surface area contributed by atoms with Gasteiger partial charge in [0.25, 0.3) is 5.56 Å². The number of thiophene rings is 1. The number of aryl methyl sites for hydroxylation is 1. The molecule has 2 unspecified atom stereocenters. The van der Waals surface area contributed by atoms with Crippen LogP contribution in [0.4, 0.5) is 18.9 Å². The lowest BCUT2D eigenvalue weighted by Gasteiger charge is -2.18. The van der Waals surface area contributed by atoms with Crippen molar-refractivity contribution in [3.8, 4) is 0 Å². The number of amides is 1. The SMILES string of the molecule is CCC(C(=O)Nc1cccc(C(F)(F)F)c1)n1nnc2sc3c(c2c1=O)CCC(C)C3. The first kappa shape index (κ1) is 21.5. The van der Waals surface area contributed by atoms with Gasteiger partial charge in [-0.15, -0.1) is 16.4 Å². The molecule has 1 aliphatic rings.